The van der Waals surface area contributed by atoms with E-state index in [2.05, 4.69) is 5.32 Å². The van der Waals surface area contributed by atoms with Crippen LogP contribution in [0.1, 0.15) is 31.9 Å². The summed E-state index contributed by atoms with van der Waals surface area (Å²) >= 11 is 12.7. The molecular formula is C29H30Cl2F3N3O4S. The van der Waals surface area contributed by atoms with Gasteiger partial charge in [-0.2, -0.15) is 13.2 Å². The average molecular weight is 645 g/mol. The zero-order valence-corrected chi connectivity index (χ0v) is 25.4. The van der Waals surface area contributed by atoms with Gasteiger partial charge in [-0.25, -0.2) is 8.42 Å². The van der Waals surface area contributed by atoms with Gasteiger partial charge in [0.25, 0.3) is 10.0 Å². The van der Waals surface area contributed by atoms with Crippen LogP contribution >= 0.6 is 23.2 Å². The summed E-state index contributed by atoms with van der Waals surface area (Å²) in [5, 5.41) is 3.16. The fourth-order valence-corrected chi connectivity index (χ4v) is 5.92. The minimum Gasteiger partial charge on any atom is -0.354 e. The Morgan fingerprint density at radius 2 is 1.50 bits per heavy atom. The monoisotopic (exact) mass is 643 g/mol. The first-order valence-electron chi connectivity index (χ1n) is 12.9. The molecule has 3 aromatic rings. The number of benzene rings is 3. The highest BCUT2D eigenvalue weighted by atomic mass is 35.5. The van der Waals surface area contributed by atoms with E-state index in [9.17, 15) is 31.2 Å². The maximum atomic E-state index is 13.9. The number of nitrogens with zero attached hydrogens (tertiary/aromatic N) is 2. The van der Waals surface area contributed by atoms with E-state index >= 15 is 0 Å². The molecule has 0 radical (unpaired) electrons. The fraction of sp³-hybridized carbons (Fsp3) is 0.310. The number of amides is 2. The summed E-state index contributed by atoms with van der Waals surface area (Å²) in [4.78, 5) is 27.8. The second-order valence-corrected chi connectivity index (χ2v) is 12.6. The van der Waals surface area contributed by atoms with Crippen LogP contribution < -0.4 is 9.62 Å². The number of nitrogens with one attached hydrogen (secondary N) is 1. The van der Waals surface area contributed by atoms with Crippen LogP contribution in [0.4, 0.5) is 18.9 Å². The first-order chi connectivity index (χ1) is 19.6. The van der Waals surface area contributed by atoms with Gasteiger partial charge in [0, 0.05) is 28.7 Å². The highest BCUT2D eigenvalue weighted by Crippen LogP contribution is 2.34. The Morgan fingerprint density at radius 3 is 2.07 bits per heavy atom. The largest absolute Gasteiger partial charge is 0.416 e. The molecular weight excluding hydrogens is 614 g/mol. The third-order valence-electron chi connectivity index (χ3n) is 6.31. The number of hydrogen-bond donors (Lipinski definition) is 1. The van der Waals surface area contributed by atoms with Gasteiger partial charge in [-0.15, -0.1) is 0 Å². The van der Waals surface area contributed by atoms with Crippen molar-refractivity contribution in [3.05, 3.63) is 94.0 Å². The highest BCUT2D eigenvalue weighted by molar-refractivity contribution is 7.92. The van der Waals surface area contributed by atoms with Gasteiger partial charge < -0.3 is 10.2 Å². The number of carbonyl (C=O) groups excluding carboxylic acids is 2. The lowest BCUT2D eigenvalue weighted by molar-refractivity contribution is -0.139. The van der Waals surface area contributed by atoms with E-state index in [1.54, 1.807) is 24.3 Å². The first kappa shape index (κ1) is 33.2. The van der Waals surface area contributed by atoms with E-state index in [4.69, 9.17) is 23.2 Å². The second kappa shape index (κ2) is 13.8. The van der Waals surface area contributed by atoms with Crippen molar-refractivity contribution in [1.82, 2.24) is 10.2 Å². The number of carbonyl (C=O) groups is 2. The van der Waals surface area contributed by atoms with E-state index in [1.165, 1.54) is 31.2 Å². The van der Waals surface area contributed by atoms with Gasteiger partial charge in [0.05, 0.1) is 16.1 Å². The summed E-state index contributed by atoms with van der Waals surface area (Å²) in [6.07, 6.45) is -4.77. The lowest BCUT2D eigenvalue weighted by Gasteiger charge is -2.32. The van der Waals surface area contributed by atoms with Crippen LogP contribution in [-0.4, -0.2) is 44.3 Å². The number of alkyl halides is 3. The maximum absolute atomic E-state index is 13.9. The molecule has 1 atom stereocenters. The van der Waals surface area contributed by atoms with Gasteiger partial charge >= 0.3 is 6.18 Å². The Morgan fingerprint density at radius 1 is 0.905 bits per heavy atom. The molecule has 3 aromatic carbocycles. The van der Waals surface area contributed by atoms with Crippen molar-refractivity contribution in [2.75, 3.05) is 17.4 Å². The summed E-state index contributed by atoms with van der Waals surface area (Å²) < 4.78 is 68.8. The van der Waals surface area contributed by atoms with Gasteiger partial charge in [0.1, 0.15) is 12.6 Å². The molecule has 0 spiro atoms. The summed E-state index contributed by atoms with van der Waals surface area (Å²) in [5.74, 6) is -1.28. The van der Waals surface area contributed by atoms with E-state index in [1.807, 2.05) is 13.8 Å². The molecule has 0 aliphatic rings. The second-order valence-electron chi connectivity index (χ2n) is 9.91. The van der Waals surface area contributed by atoms with E-state index < -0.39 is 46.2 Å². The van der Waals surface area contributed by atoms with E-state index in [0.29, 0.717) is 22.5 Å². The normalized spacial score (nSPS) is 12.6. The lowest BCUT2D eigenvalue weighted by atomic mass is 10.1. The quantitative estimate of drug-likeness (QED) is 0.262. The van der Waals surface area contributed by atoms with E-state index in [-0.39, 0.29) is 33.1 Å². The maximum Gasteiger partial charge on any atom is 0.416 e. The topological polar surface area (TPSA) is 86.8 Å². The van der Waals surface area contributed by atoms with Crippen LogP contribution in [0.2, 0.25) is 10.0 Å². The zero-order chi connectivity index (χ0) is 31.2. The smallest absolute Gasteiger partial charge is 0.354 e. The SMILES string of the molecule is CC(C)CNC(=O)C(C)N(Cc1c(Cl)cccc1Cl)C(=O)CN(c1cccc(C(F)(F)F)c1)S(=O)(=O)c1ccccc1. The molecule has 0 heterocycles. The van der Waals surface area contributed by atoms with Gasteiger partial charge in [-0.3, -0.25) is 13.9 Å². The van der Waals surface area contributed by atoms with Gasteiger partial charge in [0.2, 0.25) is 11.8 Å². The summed E-state index contributed by atoms with van der Waals surface area (Å²) in [6, 6.07) is 14.3. The number of rotatable bonds is 11. The molecule has 0 saturated carbocycles. The van der Waals surface area contributed by atoms with Gasteiger partial charge in [0.15, 0.2) is 0 Å². The van der Waals surface area contributed by atoms with Crippen molar-refractivity contribution in [2.45, 2.75) is 44.4 Å². The molecule has 1 unspecified atom stereocenters. The minimum absolute atomic E-state index is 0.107. The fourth-order valence-electron chi connectivity index (χ4n) is 3.97. The molecule has 7 nitrogen and oxygen atoms in total. The molecule has 0 saturated heterocycles. The van der Waals surface area contributed by atoms with Crippen molar-refractivity contribution in [3.63, 3.8) is 0 Å². The van der Waals surface area contributed by atoms with Crippen LogP contribution in [-0.2, 0) is 32.3 Å². The summed E-state index contributed by atoms with van der Waals surface area (Å²) in [6.45, 7) is 4.37. The highest BCUT2D eigenvalue weighted by Gasteiger charge is 2.35. The summed E-state index contributed by atoms with van der Waals surface area (Å²) in [5.41, 5.74) is -1.16. The molecule has 2 amide bonds. The molecule has 0 bridgehead atoms. The number of halogens is 5. The standard InChI is InChI=1S/C29H30Cl2F3N3O4S/c1-19(2)16-35-28(39)20(3)36(17-24-25(30)13-8-14-26(24)31)27(38)18-37(42(40,41)23-11-5-4-6-12-23)22-10-7-9-21(15-22)29(32,33)34/h4-15,19-20H,16-18H2,1-3H3,(H,35,39). The van der Waals surface area contributed by atoms with Crippen molar-refractivity contribution in [1.29, 1.82) is 0 Å². The minimum atomic E-state index is -4.77. The van der Waals surface area contributed by atoms with Crippen molar-refractivity contribution in [2.24, 2.45) is 5.92 Å². The van der Waals surface area contributed by atoms with Crippen LogP contribution in [0.15, 0.2) is 77.7 Å². The van der Waals surface area contributed by atoms with Gasteiger partial charge in [-0.1, -0.05) is 67.4 Å². The first-order valence-corrected chi connectivity index (χ1v) is 15.1. The van der Waals surface area contributed by atoms with Crippen LogP contribution in [0.25, 0.3) is 0 Å². The Bertz CT molecular complexity index is 1500. The Labute approximate surface area is 253 Å². The third kappa shape index (κ3) is 8.17. The van der Waals surface area contributed by atoms with Gasteiger partial charge in [-0.05, 0) is 55.3 Å². The Kier molecular flexibility index (Phi) is 10.9. The average Bonchev–Trinajstić information content (AvgIpc) is 2.94. The number of sulfonamides is 1. The molecule has 42 heavy (non-hydrogen) atoms. The molecule has 0 aliphatic carbocycles. The summed E-state index contributed by atoms with van der Waals surface area (Å²) in [7, 11) is -4.54. The molecule has 0 aliphatic heterocycles. The van der Waals surface area contributed by atoms with Crippen LogP contribution in [0.5, 0.6) is 0 Å². The Balaban J connectivity index is 2.10. The molecule has 0 aromatic heterocycles. The van der Waals surface area contributed by atoms with Crippen LogP contribution in [0, 0.1) is 5.92 Å². The molecule has 1 N–H and O–H groups in total. The predicted octanol–water partition coefficient (Wildman–Crippen LogP) is 6.40. The number of anilines is 1. The van der Waals surface area contributed by atoms with Crippen molar-refractivity contribution < 1.29 is 31.2 Å². The van der Waals surface area contributed by atoms with Crippen molar-refractivity contribution in [3.8, 4) is 0 Å². The number of hydrogen-bond acceptors (Lipinski definition) is 4. The predicted molar refractivity (Wildman–Crippen MR) is 157 cm³/mol. The Hall–Kier alpha value is -3.28. The van der Waals surface area contributed by atoms with Crippen LogP contribution in [0.3, 0.4) is 0 Å². The zero-order valence-electron chi connectivity index (χ0n) is 23.0. The lowest BCUT2D eigenvalue weighted by Crippen LogP contribution is -2.51. The van der Waals surface area contributed by atoms with E-state index in [0.717, 1.165) is 23.1 Å². The molecule has 226 valence electrons. The third-order valence-corrected chi connectivity index (χ3v) is 8.81. The molecule has 3 rings (SSSR count). The molecule has 0 fully saturated rings. The van der Waals surface area contributed by atoms with Crippen molar-refractivity contribution >= 4 is 50.7 Å². The molecule has 13 heteroatoms.